The standard InChI is InChI=1S/CH4B2OS/c1-5(4)3-2/h2H,1H3. The summed E-state index contributed by atoms with van der Waals surface area (Å²) in [5.41, 5.74) is 0. The number of hydrogen-bond acceptors (Lipinski definition) is 1. The third kappa shape index (κ3) is 4.44. The summed E-state index contributed by atoms with van der Waals surface area (Å²) in [6, 6.07) is 0. The Morgan fingerprint density at radius 1 is 2.00 bits per heavy atom. The van der Waals surface area contributed by atoms with Gasteiger partial charge in [0.05, 0.1) is 0 Å². The van der Waals surface area contributed by atoms with Gasteiger partial charge < -0.3 is 0 Å². The van der Waals surface area contributed by atoms with E-state index in [1.807, 2.05) is 0 Å². The van der Waals surface area contributed by atoms with Gasteiger partial charge in [0.15, 0.2) is 0 Å². The molecule has 5 heavy (non-hydrogen) atoms. The molecule has 0 aromatic rings. The molecule has 0 rings (SSSR count). The molecule has 0 saturated carbocycles. The molecule has 0 aromatic heterocycles. The molecule has 0 fully saturated rings. The second kappa shape index (κ2) is 2.67. The van der Waals surface area contributed by atoms with Gasteiger partial charge in [-0.05, 0) is 0 Å². The summed E-state index contributed by atoms with van der Waals surface area (Å²) in [5, 5.41) is 0. The van der Waals surface area contributed by atoms with Crippen molar-refractivity contribution in [2.24, 2.45) is 0 Å². The first kappa shape index (κ1) is 5.44. The quantitative estimate of drug-likeness (QED) is 0.290. The molecule has 26 valence electrons. The monoisotopic (exact) mass is 86.0 g/mol. The van der Waals surface area contributed by atoms with Crippen molar-refractivity contribution in [2.75, 3.05) is 6.26 Å². The van der Waals surface area contributed by atoms with Crippen LogP contribution in [0.1, 0.15) is 0 Å². The van der Waals surface area contributed by atoms with Crippen LogP contribution in [0.3, 0.4) is 0 Å². The second-order valence-electron chi connectivity index (χ2n) is 0.665. The predicted molar refractivity (Wildman–Crippen MR) is 27.0 cm³/mol. The minimum absolute atomic E-state index is 0.809. The van der Waals surface area contributed by atoms with Crippen molar-refractivity contribution >= 4 is 24.5 Å². The zero-order chi connectivity index (χ0) is 4.28. The van der Waals surface area contributed by atoms with Crippen molar-refractivity contribution < 1.29 is 4.55 Å². The van der Waals surface area contributed by atoms with Gasteiger partial charge in [0.1, 0.15) is 0 Å². The second-order valence-corrected chi connectivity index (χ2v) is 2.00. The van der Waals surface area contributed by atoms with E-state index in [2.05, 4.69) is 7.37 Å². The molecule has 0 aliphatic carbocycles. The molecular weight excluding hydrogens is 81.7 g/mol. The van der Waals surface area contributed by atoms with Crippen LogP contribution in [-0.4, -0.2) is 24.3 Å². The van der Waals surface area contributed by atoms with Gasteiger partial charge in [0, 0.05) is 0 Å². The Morgan fingerprint density at radius 3 is 2.20 bits per heavy atom. The average Bonchev–Trinajstić information content (AvgIpc) is 1.38. The molecule has 1 atom stereocenters. The van der Waals surface area contributed by atoms with Gasteiger partial charge >= 0.3 is 35.3 Å². The first-order chi connectivity index (χ1) is 2.27. The number of hydrogen-bond donors (Lipinski definition) is 0. The van der Waals surface area contributed by atoms with Crippen molar-refractivity contribution in [1.82, 2.24) is 0 Å². The van der Waals surface area contributed by atoms with Gasteiger partial charge in [0.25, 0.3) is 0 Å². The van der Waals surface area contributed by atoms with E-state index in [4.69, 9.17) is 0 Å². The molecule has 0 radical (unpaired) electrons. The van der Waals surface area contributed by atoms with Gasteiger partial charge in [-0.25, -0.2) is 0 Å². The molecule has 0 heterocycles. The van der Waals surface area contributed by atoms with Crippen molar-refractivity contribution in [2.45, 2.75) is 0 Å². The molecule has 1 unspecified atom stereocenters. The molecule has 0 aliphatic heterocycles. The van der Waals surface area contributed by atoms with E-state index in [1.165, 1.54) is 6.08 Å². The minimum atomic E-state index is -0.809. The van der Waals surface area contributed by atoms with Crippen LogP contribution in [0.4, 0.5) is 0 Å². The van der Waals surface area contributed by atoms with Crippen molar-refractivity contribution in [3.63, 3.8) is 0 Å². The third-order valence-electron chi connectivity index (χ3n) is 0.235. The van der Waals surface area contributed by atoms with Crippen LogP contribution >= 0.6 is 0 Å². The molecule has 4 heteroatoms. The Bertz CT molecular complexity index is 36.6. The van der Waals surface area contributed by atoms with E-state index in [0.717, 1.165) is 0 Å². The van der Waals surface area contributed by atoms with E-state index in [-0.39, 0.29) is 0 Å². The summed E-state index contributed by atoms with van der Waals surface area (Å²) < 4.78 is 9.81. The van der Waals surface area contributed by atoms with Gasteiger partial charge in [-0.15, -0.1) is 0 Å². The molecule has 0 saturated heterocycles. The average molecular weight is 85.7 g/mol. The van der Waals surface area contributed by atoms with Gasteiger partial charge in [-0.3, -0.25) is 0 Å². The van der Waals surface area contributed by atoms with Crippen molar-refractivity contribution in [1.29, 1.82) is 0 Å². The van der Waals surface area contributed by atoms with E-state index in [1.54, 1.807) is 6.26 Å². The topological polar surface area (TPSA) is 23.1 Å². The summed E-state index contributed by atoms with van der Waals surface area (Å²) >= 11 is -0.809. The van der Waals surface area contributed by atoms with Gasteiger partial charge in [-0.1, -0.05) is 0 Å². The molecule has 0 amide bonds. The van der Waals surface area contributed by atoms with Crippen LogP contribution in [0, 0.1) is 0 Å². The maximum absolute atomic E-state index is 9.81. The first-order valence-corrected chi connectivity index (χ1v) is 2.84. The normalized spacial score (nSPS) is 13.0. The molecule has 0 bridgehead atoms. The summed E-state index contributed by atoms with van der Waals surface area (Å²) in [6.45, 7) is 0. The molecule has 0 aromatic carbocycles. The van der Waals surface area contributed by atoms with Crippen LogP contribution in [0.2, 0.25) is 0 Å². The summed E-state index contributed by atoms with van der Waals surface area (Å²) in [5.74, 6) is 0. The van der Waals surface area contributed by atoms with E-state index in [0.29, 0.717) is 0 Å². The Hall–Kier alpha value is 0.440. The van der Waals surface area contributed by atoms with E-state index < -0.39 is 11.0 Å². The van der Waals surface area contributed by atoms with Crippen molar-refractivity contribution in [3.8, 4) is 0 Å². The van der Waals surface area contributed by atoms with Crippen LogP contribution < -0.4 is 0 Å². The maximum atomic E-state index is 9.81. The molecule has 0 spiro atoms. The molecule has 0 aliphatic rings. The Balaban J connectivity index is 2.83. The van der Waals surface area contributed by atoms with E-state index in [9.17, 15) is 4.55 Å². The zero-order valence-electron chi connectivity index (χ0n) is 3.10. The molecule has 0 N–H and O–H groups in total. The fourth-order valence-electron chi connectivity index (χ4n) is 0. The van der Waals surface area contributed by atoms with Crippen LogP contribution in [-0.2, 0) is 11.0 Å². The first-order valence-electron chi connectivity index (χ1n) is 1.22. The summed E-state index contributed by atoms with van der Waals surface area (Å²) in [6.07, 6.45) is 2.97. The van der Waals surface area contributed by atoms with Gasteiger partial charge in [0.2, 0.25) is 0 Å². The summed E-state index contributed by atoms with van der Waals surface area (Å²) in [4.78, 5) is 0. The van der Waals surface area contributed by atoms with E-state index >= 15 is 0 Å². The SMILES string of the molecule is B=B[S+](C)[O-]. The van der Waals surface area contributed by atoms with Crippen LogP contribution in [0.25, 0.3) is 0 Å². The third-order valence-corrected chi connectivity index (χ3v) is 0.704. The van der Waals surface area contributed by atoms with Crippen LogP contribution in [0.5, 0.6) is 0 Å². The zero-order valence-corrected chi connectivity index (χ0v) is 3.92. The Labute approximate surface area is 36.1 Å². The Kier molecular flexibility index (Phi) is 2.90. The number of rotatable bonds is 1. The fourth-order valence-corrected chi connectivity index (χ4v) is 0. The van der Waals surface area contributed by atoms with Crippen molar-refractivity contribution in [3.05, 3.63) is 0 Å². The Morgan fingerprint density at radius 2 is 2.20 bits per heavy atom. The van der Waals surface area contributed by atoms with Gasteiger partial charge in [-0.2, -0.15) is 0 Å². The fraction of sp³-hybridized carbons (Fsp3) is 1.00. The predicted octanol–water partition coefficient (Wildman–Crippen LogP) is -1.20. The van der Waals surface area contributed by atoms with Crippen LogP contribution in [0.15, 0.2) is 0 Å². The summed E-state index contributed by atoms with van der Waals surface area (Å²) in [7, 11) is 3.26. The molecular formula is CH4B2OS. The molecule has 1 nitrogen and oxygen atoms in total.